The number of carbonyl (C=O) groups is 2. The fraction of sp³-hybridized carbons (Fsp3) is 0.517. The van der Waals surface area contributed by atoms with Gasteiger partial charge in [0.2, 0.25) is 5.91 Å². The number of aryl methyl sites for hydroxylation is 1. The Balaban J connectivity index is 1.24. The standard InChI is InChI=1S/C29H39Cl2N5O3/c1-22-9-10-24(21-27(22)36(23(2)37)29(38)35-16-12-32(3)13-17-35)39-20-5-4-11-33-14-18-34(19-15-33)26-8-6-7-25(30)28(26)31/h6-10,21H,4-5,11-20H2,1-3H3. The van der Waals surface area contributed by atoms with E-state index in [1.165, 1.54) is 11.8 Å². The van der Waals surface area contributed by atoms with Crippen LogP contribution in [0.5, 0.6) is 5.75 Å². The Kier molecular flexibility index (Phi) is 10.4. The normalized spacial score (nSPS) is 16.8. The van der Waals surface area contributed by atoms with Crippen molar-refractivity contribution >= 4 is 46.5 Å². The van der Waals surface area contributed by atoms with Crippen LogP contribution in [0.4, 0.5) is 16.2 Å². The Bertz CT molecular complexity index is 1150. The van der Waals surface area contributed by atoms with Crippen LogP contribution in [0.2, 0.25) is 10.0 Å². The summed E-state index contributed by atoms with van der Waals surface area (Å²) in [5.41, 5.74) is 2.45. The number of nitrogens with zero attached hydrogens (tertiary/aromatic N) is 5. The van der Waals surface area contributed by atoms with Crippen molar-refractivity contribution in [1.29, 1.82) is 0 Å². The summed E-state index contributed by atoms with van der Waals surface area (Å²) in [7, 11) is 2.04. The Morgan fingerprint density at radius 3 is 2.36 bits per heavy atom. The van der Waals surface area contributed by atoms with Gasteiger partial charge < -0.3 is 19.4 Å². The number of ether oxygens (including phenoxy) is 1. The van der Waals surface area contributed by atoms with Crippen molar-refractivity contribution in [2.45, 2.75) is 26.7 Å². The third-order valence-electron chi connectivity index (χ3n) is 7.48. The zero-order chi connectivity index (χ0) is 27.9. The van der Waals surface area contributed by atoms with Crippen LogP contribution in [-0.4, -0.2) is 99.2 Å². The number of unbranched alkanes of at least 4 members (excludes halogenated alkanes) is 1. The average molecular weight is 577 g/mol. The molecule has 212 valence electrons. The molecule has 0 atom stereocenters. The van der Waals surface area contributed by atoms with E-state index >= 15 is 0 Å². The molecule has 2 aliphatic heterocycles. The highest BCUT2D eigenvalue weighted by Crippen LogP contribution is 2.33. The molecule has 2 heterocycles. The molecule has 0 saturated carbocycles. The number of anilines is 2. The van der Waals surface area contributed by atoms with E-state index in [-0.39, 0.29) is 11.9 Å². The second kappa shape index (κ2) is 13.7. The van der Waals surface area contributed by atoms with E-state index in [1.807, 2.05) is 50.4 Å². The maximum absolute atomic E-state index is 13.2. The number of likely N-dealkylation sites (N-methyl/N-ethyl adjacent to an activating group) is 1. The zero-order valence-electron chi connectivity index (χ0n) is 23.2. The van der Waals surface area contributed by atoms with Gasteiger partial charge in [-0.1, -0.05) is 35.3 Å². The lowest BCUT2D eigenvalue weighted by Crippen LogP contribution is -2.53. The van der Waals surface area contributed by atoms with Crippen LogP contribution in [0.1, 0.15) is 25.3 Å². The van der Waals surface area contributed by atoms with Gasteiger partial charge in [-0.15, -0.1) is 0 Å². The van der Waals surface area contributed by atoms with Gasteiger partial charge in [-0.3, -0.25) is 9.69 Å². The van der Waals surface area contributed by atoms with Gasteiger partial charge >= 0.3 is 6.03 Å². The van der Waals surface area contributed by atoms with E-state index in [0.29, 0.717) is 41.2 Å². The van der Waals surface area contributed by atoms with Crippen LogP contribution < -0.4 is 14.5 Å². The number of amides is 3. The van der Waals surface area contributed by atoms with E-state index < -0.39 is 0 Å². The highest BCUT2D eigenvalue weighted by atomic mass is 35.5. The minimum Gasteiger partial charge on any atom is -0.494 e. The van der Waals surface area contributed by atoms with Gasteiger partial charge in [-0.25, -0.2) is 9.69 Å². The summed E-state index contributed by atoms with van der Waals surface area (Å²) in [6, 6.07) is 11.1. The molecule has 2 aliphatic rings. The van der Waals surface area contributed by atoms with E-state index in [9.17, 15) is 9.59 Å². The molecule has 2 fully saturated rings. The average Bonchev–Trinajstić information content (AvgIpc) is 2.92. The summed E-state index contributed by atoms with van der Waals surface area (Å²) in [6.45, 7) is 11.5. The molecule has 0 unspecified atom stereocenters. The monoisotopic (exact) mass is 575 g/mol. The van der Waals surface area contributed by atoms with Crippen molar-refractivity contribution in [3.05, 3.63) is 52.0 Å². The summed E-state index contributed by atoms with van der Waals surface area (Å²) >= 11 is 12.6. The van der Waals surface area contributed by atoms with Crippen LogP contribution >= 0.6 is 23.2 Å². The van der Waals surface area contributed by atoms with Gasteiger partial charge in [0, 0.05) is 65.3 Å². The van der Waals surface area contributed by atoms with Crippen molar-refractivity contribution in [2.24, 2.45) is 0 Å². The summed E-state index contributed by atoms with van der Waals surface area (Å²) in [5, 5.41) is 1.21. The molecule has 8 nitrogen and oxygen atoms in total. The number of benzene rings is 2. The lowest BCUT2D eigenvalue weighted by Gasteiger charge is -2.36. The first kappa shape index (κ1) is 29.5. The largest absolute Gasteiger partial charge is 0.494 e. The summed E-state index contributed by atoms with van der Waals surface area (Å²) < 4.78 is 6.04. The maximum Gasteiger partial charge on any atom is 0.331 e. The molecule has 39 heavy (non-hydrogen) atoms. The predicted octanol–water partition coefficient (Wildman–Crippen LogP) is 5.00. The quantitative estimate of drug-likeness (QED) is 0.413. The van der Waals surface area contributed by atoms with Crippen molar-refractivity contribution in [3.63, 3.8) is 0 Å². The van der Waals surface area contributed by atoms with Crippen LogP contribution in [0.25, 0.3) is 0 Å². The fourth-order valence-electron chi connectivity index (χ4n) is 5.04. The minimum atomic E-state index is -0.295. The number of hydrogen-bond donors (Lipinski definition) is 0. The Hall–Kier alpha value is -2.52. The van der Waals surface area contributed by atoms with Crippen molar-refractivity contribution < 1.29 is 14.3 Å². The predicted molar refractivity (Wildman–Crippen MR) is 159 cm³/mol. The molecule has 0 aromatic heterocycles. The molecule has 0 N–H and O–H groups in total. The topological polar surface area (TPSA) is 59.6 Å². The van der Waals surface area contributed by atoms with Gasteiger partial charge in [0.1, 0.15) is 5.75 Å². The van der Waals surface area contributed by atoms with Crippen molar-refractivity contribution in [3.8, 4) is 5.75 Å². The van der Waals surface area contributed by atoms with Crippen LogP contribution in [0.3, 0.4) is 0 Å². The smallest absolute Gasteiger partial charge is 0.331 e. The number of urea groups is 1. The molecule has 0 spiro atoms. The SMILES string of the molecule is CC(=O)N(C(=O)N1CCN(C)CC1)c1cc(OCCCCN2CCN(c3cccc(Cl)c3Cl)CC2)ccc1C. The number of rotatable bonds is 8. The van der Waals surface area contributed by atoms with E-state index in [0.717, 1.165) is 69.9 Å². The fourth-order valence-corrected chi connectivity index (χ4v) is 5.46. The van der Waals surface area contributed by atoms with Crippen molar-refractivity contribution in [1.82, 2.24) is 14.7 Å². The second-order valence-electron chi connectivity index (χ2n) is 10.3. The number of hydrogen-bond acceptors (Lipinski definition) is 6. The van der Waals surface area contributed by atoms with Crippen molar-refractivity contribution in [2.75, 3.05) is 82.4 Å². The van der Waals surface area contributed by atoms with Gasteiger partial charge in [0.05, 0.1) is 28.0 Å². The second-order valence-corrected chi connectivity index (χ2v) is 11.1. The molecular weight excluding hydrogens is 537 g/mol. The highest BCUT2D eigenvalue weighted by molar-refractivity contribution is 6.43. The first-order valence-corrected chi connectivity index (χ1v) is 14.4. The summed E-state index contributed by atoms with van der Waals surface area (Å²) in [5.74, 6) is 0.372. The Labute approximate surface area is 242 Å². The number of imide groups is 1. The zero-order valence-corrected chi connectivity index (χ0v) is 24.7. The molecule has 2 aromatic rings. The molecule has 10 heteroatoms. The number of piperazine rings is 2. The lowest BCUT2D eigenvalue weighted by molar-refractivity contribution is -0.116. The van der Waals surface area contributed by atoms with E-state index in [2.05, 4.69) is 14.7 Å². The third-order valence-corrected chi connectivity index (χ3v) is 8.29. The van der Waals surface area contributed by atoms with E-state index in [1.54, 1.807) is 4.90 Å². The number of halogens is 2. The summed E-state index contributed by atoms with van der Waals surface area (Å²) in [4.78, 5) is 35.8. The lowest BCUT2D eigenvalue weighted by atomic mass is 10.1. The molecule has 0 bridgehead atoms. The molecule has 4 rings (SSSR count). The van der Waals surface area contributed by atoms with Crippen LogP contribution in [0.15, 0.2) is 36.4 Å². The van der Waals surface area contributed by atoms with Crippen LogP contribution in [-0.2, 0) is 4.79 Å². The summed E-state index contributed by atoms with van der Waals surface area (Å²) in [6.07, 6.45) is 1.94. The Morgan fingerprint density at radius 2 is 1.67 bits per heavy atom. The Morgan fingerprint density at radius 1 is 0.949 bits per heavy atom. The molecule has 3 amide bonds. The first-order chi connectivity index (χ1) is 18.7. The number of carbonyl (C=O) groups excluding carboxylic acids is 2. The molecular formula is C29H39Cl2N5O3. The van der Waals surface area contributed by atoms with Gasteiger partial charge in [0.25, 0.3) is 0 Å². The molecule has 2 aromatic carbocycles. The van der Waals surface area contributed by atoms with Gasteiger partial charge in [-0.05, 0) is 57.1 Å². The van der Waals surface area contributed by atoms with E-state index in [4.69, 9.17) is 27.9 Å². The minimum absolute atomic E-state index is 0.270. The third kappa shape index (κ3) is 7.57. The highest BCUT2D eigenvalue weighted by Gasteiger charge is 2.29. The molecule has 0 radical (unpaired) electrons. The van der Waals surface area contributed by atoms with Crippen LogP contribution in [0, 0.1) is 6.92 Å². The first-order valence-electron chi connectivity index (χ1n) is 13.7. The molecule has 2 saturated heterocycles. The maximum atomic E-state index is 13.2. The molecule has 0 aliphatic carbocycles. The van der Waals surface area contributed by atoms with Gasteiger partial charge in [-0.2, -0.15) is 0 Å². The van der Waals surface area contributed by atoms with Gasteiger partial charge in [0.15, 0.2) is 0 Å².